The second-order valence-corrected chi connectivity index (χ2v) is 7.34. The van der Waals surface area contributed by atoms with Gasteiger partial charge in [0.1, 0.15) is 0 Å². The quantitative estimate of drug-likeness (QED) is 0.365. The van der Waals surface area contributed by atoms with Gasteiger partial charge in [0.15, 0.2) is 11.6 Å². The summed E-state index contributed by atoms with van der Waals surface area (Å²) in [7, 11) is 0.574. The first-order chi connectivity index (χ1) is 16.3. The van der Waals surface area contributed by atoms with E-state index in [0.717, 1.165) is 33.4 Å². The fourth-order valence-corrected chi connectivity index (χ4v) is 3.70. The molecule has 0 aliphatic rings. The van der Waals surface area contributed by atoms with Crippen molar-refractivity contribution in [3.8, 4) is 51.0 Å². The van der Waals surface area contributed by atoms with Gasteiger partial charge >= 0.3 is 13.7 Å². The van der Waals surface area contributed by atoms with Gasteiger partial charge in [-0.25, -0.2) is 4.98 Å². The predicted molar refractivity (Wildman–Crippen MR) is 130 cm³/mol. The molecule has 157 valence electrons. The molecule has 1 N–H and O–H groups in total. The minimum absolute atomic E-state index is 0.0208. The van der Waals surface area contributed by atoms with Crippen LogP contribution in [-0.2, 0) is 0 Å². The molecule has 1 radical (unpaired) electrons. The normalized spacial score (nSPS) is 10.6. The molecule has 1 aromatic heterocycles. The summed E-state index contributed by atoms with van der Waals surface area (Å²) >= 11 is 0. The van der Waals surface area contributed by atoms with Crippen LogP contribution < -0.4 is 4.65 Å². The van der Waals surface area contributed by atoms with Crippen molar-refractivity contribution in [2.45, 2.75) is 0 Å². The van der Waals surface area contributed by atoms with E-state index in [2.05, 4.69) is 22.1 Å². The monoisotopic (exact) mass is 428 g/mol. The van der Waals surface area contributed by atoms with Crippen LogP contribution >= 0.6 is 0 Å². The highest BCUT2D eigenvalue weighted by molar-refractivity contribution is 6.17. The lowest BCUT2D eigenvalue weighted by molar-refractivity contribution is 0.430. The van der Waals surface area contributed by atoms with E-state index < -0.39 is 0 Å². The lowest BCUT2D eigenvalue weighted by atomic mass is 9.99. The summed E-state index contributed by atoms with van der Waals surface area (Å²) in [4.78, 5) is 13.6. The minimum atomic E-state index is 0.0208. The molecule has 5 nitrogen and oxygen atoms in total. The van der Waals surface area contributed by atoms with Gasteiger partial charge in [0.25, 0.3) is 0 Å². The number of rotatable bonds is 6. The number of hydrogen-bond acceptors (Lipinski definition) is 5. The van der Waals surface area contributed by atoms with E-state index in [1.165, 1.54) is 0 Å². The lowest BCUT2D eigenvalue weighted by Gasteiger charge is -2.11. The molecule has 0 saturated heterocycles. The number of benzene rings is 4. The van der Waals surface area contributed by atoms with Gasteiger partial charge in [-0.3, -0.25) is 0 Å². The number of aromatic nitrogens is 3. The Morgan fingerprint density at radius 3 is 1.67 bits per heavy atom. The van der Waals surface area contributed by atoms with Gasteiger partial charge in [0.2, 0.25) is 0 Å². The van der Waals surface area contributed by atoms with Gasteiger partial charge in [0, 0.05) is 11.1 Å². The summed E-state index contributed by atoms with van der Waals surface area (Å²) in [6, 6.07) is 36.2. The molecule has 0 amide bonds. The molecule has 5 rings (SSSR count). The molecular weight excluding hydrogens is 409 g/mol. The standard InChI is InChI=1S/C27H19BN3O2/c32-28-33-27-30-25(22-17-15-20(16-18-22)19-9-3-1-4-10-19)29-26(31-27)24-14-8-7-13-23(24)21-11-5-2-6-12-21/h1-18,32H. The Hall–Kier alpha value is -4.29. The molecule has 0 aliphatic heterocycles. The third-order valence-corrected chi connectivity index (χ3v) is 5.28. The number of nitrogens with zero attached hydrogens (tertiary/aromatic N) is 3. The van der Waals surface area contributed by atoms with Crippen LogP contribution in [0.5, 0.6) is 6.01 Å². The highest BCUT2D eigenvalue weighted by atomic mass is 16.5. The first kappa shape index (κ1) is 20.6. The second-order valence-electron chi connectivity index (χ2n) is 7.34. The Morgan fingerprint density at radius 2 is 1.00 bits per heavy atom. The molecule has 0 atom stereocenters. The van der Waals surface area contributed by atoms with Crippen LogP contribution in [0.4, 0.5) is 0 Å². The topological polar surface area (TPSA) is 68.1 Å². The van der Waals surface area contributed by atoms with Crippen LogP contribution in [0.2, 0.25) is 0 Å². The van der Waals surface area contributed by atoms with Gasteiger partial charge in [0.05, 0.1) is 0 Å². The van der Waals surface area contributed by atoms with Crippen molar-refractivity contribution in [2.75, 3.05) is 0 Å². The smallest absolute Gasteiger partial charge is 0.508 e. The molecule has 5 aromatic rings. The average molecular weight is 428 g/mol. The first-order valence-corrected chi connectivity index (χ1v) is 10.5. The van der Waals surface area contributed by atoms with Crippen molar-refractivity contribution < 1.29 is 9.68 Å². The van der Waals surface area contributed by atoms with E-state index >= 15 is 0 Å². The summed E-state index contributed by atoms with van der Waals surface area (Å²) < 4.78 is 5.14. The van der Waals surface area contributed by atoms with Crippen molar-refractivity contribution in [1.29, 1.82) is 0 Å². The zero-order valence-corrected chi connectivity index (χ0v) is 17.7. The molecule has 1 heterocycles. The maximum Gasteiger partial charge on any atom is 0.571 e. The Bertz CT molecular complexity index is 1360. The van der Waals surface area contributed by atoms with Crippen LogP contribution in [0.3, 0.4) is 0 Å². The van der Waals surface area contributed by atoms with Crippen molar-refractivity contribution in [2.24, 2.45) is 0 Å². The zero-order valence-electron chi connectivity index (χ0n) is 17.7. The van der Waals surface area contributed by atoms with Gasteiger partial charge < -0.3 is 9.68 Å². The first-order valence-electron chi connectivity index (χ1n) is 10.5. The Labute approximate surface area is 192 Å². The maximum atomic E-state index is 9.19. The summed E-state index contributed by atoms with van der Waals surface area (Å²) in [5.74, 6) is 0.919. The van der Waals surface area contributed by atoms with E-state index in [0.29, 0.717) is 19.3 Å². The SMILES string of the molecule is O[B]Oc1nc(-c2ccc(-c3ccccc3)cc2)nc(-c2ccccc2-c2ccccc2)n1. The molecule has 6 heteroatoms. The van der Waals surface area contributed by atoms with E-state index in [4.69, 9.17) is 9.64 Å². The summed E-state index contributed by atoms with van der Waals surface area (Å²) in [5, 5.41) is 9.19. The molecule has 0 saturated carbocycles. The Balaban J connectivity index is 1.59. The Morgan fingerprint density at radius 1 is 0.485 bits per heavy atom. The molecule has 33 heavy (non-hydrogen) atoms. The van der Waals surface area contributed by atoms with Gasteiger partial charge in [-0.1, -0.05) is 109 Å². The molecule has 0 aliphatic carbocycles. The van der Waals surface area contributed by atoms with Crippen LogP contribution in [0, 0.1) is 0 Å². The highest BCUT2D eigenvalue weighted by Crippen LogP contribution is 2.32. The third-order valence-electron chi connectivity index (χ3n) is 5.28. The molecular formula is C27H19BN3O2. The summed E-state index contributed by atoms with van der Waals surface area (Å²) in [6.45, 7) is 0. The van der Waals surface area contributed by atoms with Crippen LogP contribution in [-0.4, -0.2) is 27.7 Å². The van der Waals surface area contributed by atoms with Crippen molar-refractivity contribution in [3.05, 3.63) is 109 Å². The van der Waals surface area contributed by atoms with Crippen LogP contribution in [0.15, 0.2) is 109 Å². The fourth-order valence-electron chi connectivity index (χ4n) is 3.70. The maximum absolute atomic E-state index is 9.19. The Kier molecular flexibility index (Phi) is 5.91. The lowest BCUT2D eigenvalue weighted by Crippen LogP contribution is -2.07. The minimum Gasteiger partial charge on any atom is -0.508 e. The molecule has 0 spiro atoms. The fraction of sp³-hybridized carbons (Fsp3) is 0. The molecule has 0 bridgehead atoms. The highest BCUT2D eigenvalue weighted by Gasteiger charge is 2.15. The molecule has 4 aromatic carbocycles. The largest absolute Gasteiger partial charge is 0.571 e. The average Bonchev–Trinajstić information content (AvgIpc) is 2.90. The number of hydrogen-bond donors (Lipinski definition) is 1. The molecule has 0 fully saturated rings. The van der Waals surface area contributed by atoms with Crippen molar-refractivity contribution in [3.63, 3.8) is 0 Å². The van der Waals surface area contributed by atoms with Crippen molar-refractivity contribution >= 4 is 7.69 Å². The van der Waals surface area contributed by atoms with E-state index in [-0.39, 0.29) is 6.01 Å². The zero-order chi connectivity index (χ0) is 22.5. The third kappa shape index (κ3) is 4.51. The van der Waals surface area contributed by atoms with Gasteiger partial charge in [-0.05, 0) is 22.3 Å². The van der Waals surface area contributed by atoms with E-state index in [1.807, 2.05) is 97.1 Å². The van der Waals surface area contributed by atoms with E-state index in [9.17, 15) is 5.02 Å². The van der Waals surface area contributed by atoms with Crippen LogP contribution in [0.25, 0.3) is 45.0 Å². The second kappa shape index (κ2) is 9.46. The van der Waals surface area contributed by atoms with Crippen LogP contribution in [0.1, 0.15) is 0 Å². The van der Waals surface area contributed by atoms with Gasteiger partial charge in [-0.15, -0.1) is 0 Å². The predicted octanol–water partition coefficient (Wildman–Crippen LogP) is 5.44. The summed E-state index contributed by atoms with van der Waals surface area (Å²) in [5.41, 5.74) is 5.95. The van der Waals surface area contributed by atoms with Crippen molar-refractivity contribution in [1.82, 2.24) is 15.0 Å². The van der Waals surface area contributed by atoms with Gasteiger partial charge in [-0.2, -0.15) is 9.97 Å². The van der Waals surface area contributed by atoms with E-state index in [1.54, 1.807) is 0 Å². The summed E-state index contributed by atoms with van der Waals surface area (Å²) in [6.07, 6.45) is 0. The molecule has 0 unspecified atom stereocenters.